The summed E-state index contributed by atoms with van der Waals surface area (Å²) in [6.07, 6.45) is 7.32. The maximum atomic E-state index is 12.3. The predicted molar refractivity (Wildman–Crippen MR) is 84.1 cm³/mol. The van der Waals surface area contributed by atoms with Crippen LogP contribution in [-0.4, -0.2) is 23.5 Å². The molecule has 4 heteroatoms. The fourth-order valence-corrected chi connectivity index (χ4v) is 2.05. The standard InChI is InChI=1S/C16H27N3O/c1-4-6-7-9-13(3)19-16(20)14-10-8-12-18-15(14)17-11-5-2/h8,10,12-13H,4-7,9,11H2,1-3H3,(H,17,18)(H,19,20). The van der Waals surface area contributed by atoms with Crippen molar-refractivity contribution in [3.63, 3.8) is 0 Å². The van der Waals surface area contributed by atoms with E-state index in [1.807, 2.05) is 6.07 Å². The summed E-state index contributed by atoms with van der Waals surface area (Å²) in [5.41, 5.74) is 0.628. The van der Waals surface area contributed by atoms with E-state index < -0.39 is 0 Å². The Kier molecular flexibility index (Phi) is 7.70. The van der Waals surface area contributed by atoms with Crippen LogP contribution in [0.25, 0.3) is 0 Å². The van der Waals surface area contributed by atoms with Crippen LogP contribution in [0.1, 0.15) is 63.2 Å². The summed E-state index contributed by atoms with van der Waals surface area (Å²) in [5, 5.41) is 6.25. The highest BCUT2D eigenvalue weighted by Crippen LogP contribution is 2.12. The van der Waals surface area contributed by atoms with Crippen molar-refractivity contribution in [1.82, 2.24) is 10.3 Å². The molecule has 0 aliphatic carbocycles. The minimum atomic E-state index is -0.0410. The number of rotatable bonds is 9. The molecule has 1 aromatic heterocycles. The van der Waals surface area contributed by atoms with Crippen LogP contribution in [-0.2, 0) is 0 Å². The van der Waals surface area contributed by atoms with Crippen molar-refractivity contribution < 1.29 is 4.79 Å². The molecule has 0 aromatic carbocycles. The molecule has 0 spiro atoms. The largest absolute Gasteiger partial charge is 0.369 e. The van der Waals surface area contributed by atoms with E-state index in [1.165, 1.54) is 12.8 Å². The van der Waals surface area contributed by atoms with E-state index in [9.17, 15) is 4.79 Å². The summed E-state index contributed by atoms with van der Waals surface area (Å²) in [4.78, 5) is 16.5. The van der Waals surface area contributed by atoms with Gasteiger partial charge in [0, 0.05) is 18.8 Å². The van der Waals surface area contributed by atoms with Crippen LogP contribution in [0.5, 0.6) is 0 Å². The molecule has 0 saturated heterocycles. The van der Waals surface area contributed by atoms with Crippen molar-refractivity contribution in [3.8, 4) is 0 Å². The van der Waals surface area contributed by atoms with Gasteiger partial charge < -0.3 is 10.6 Å². The van der Waals surface area contributed by atoms with Crippen LogP contribution in [0, 0.1) is 0 Å². The monoisotopic (exact) mass is 277 g/mol. The zero-order valence-electron chi connectivity index (χ0n) is 12.9. The van der Waals surface area contributed by atoms with Crippen LogP contribution >= 0.6 is 0 Å². The predicted octanol–water partition coefficient (Wildman–Crippen LogP) is 3.60. The minimum Gasteiger partial charge on any atom is -0.369 e. The van der Waals surface area contributed by atoms with Gasteiger partial charge in [0.2, 0.25) is 0 Å². The molecule has 1 heterocycles. The fraction of sp³-hybridized carbons (Fsp3) is 0.625. The van der Waals surface area contributed by atoms with Gasteiger partial charge in [-0.1, -0.05) is 33.1 Å². The number of amides is 1. The molecule has 0 bridgehead atoms. The summed E-state index contributed by atoms with van der Waals surface area (Å²) >= 11 is 0. The minimum absolute atomic E-state index is 0.0410. The quantitative estimate of drug-likeness (QED) is 0.678. The molecule has 1 rings (SSSR count). The number of pyridine rings is 1. The third-order valence-corrected chi connectivity index (χ3v) is 3.21. The Morgan fingerprint density at radius 1 is 1.30 bits per heavy atom. The van der Waals surface area contributed by atoms with E-state index in [2.05, 4.69) is 36.4 Å². The maximum absolute atomic E-state index is 12.3. The van der Waals surface area contributed by atoms with Gasteiger partial charge in [-0.15, -0.1) is 0 Å². The first-order valence-electron chi connectivity index (χ1n) is 7.68. The molecule has 112 valence electrons. The second-order valence-corrected chi connectivity index (χ2v) is 5.20. The number of hydrogen-bond donors (Lipinski definition) is 2. The SMILES string of the molecule is CCCCCC(C)NC(=O)c1cccnc1NCCC. The van der Waals surface area contributed by atoms with Crippen molar-refractivity contribution in [2.75, 3.05) is 11.9 Å². The van der Waals surface area contributed by atoms with Crippen molar-refractivity contribution in [2.24, 2.45) is 0 Å². The lowest BCUT2D eigenvalue weighted by atomic mass is 10.1. The summed E-state index contributed by atoms with van der Waals surface area (Å²) in [6, 6.07) is 3.82. The Labute approximate surface area is 122 Å². The molecule has 0 fully saturated rings. The van der Waals surface area contributed by atoms with E-state index >= 15 is 0 Å². The first-order valence-corrected chi connectivity index (χ1v) is 7.68. The van der Waals surface area contributed by atoms with Gasteiger partial charge in [-0.3, -0.25) is 4.79 Å². The molecule has 20 heavy (non-hydrogen) atoms. The molecule has 2 N–H and O–H groups in total. The lowest BCUT2D eigenvalue weighted by molar-refractivity contribution is 0.0938. The Bertz CT molecular complexity index is 406. The summed E-state index contributed by atoms with van der Waals surface area (Å²) in [5.74, 6) is 0.633. The third kappa shape index (κ3) is 5.59. The van der Waals surface area contributed by atoms with Crippen LogP contribution in [0.2, 0.25) is 0 Å². The molecule has 0 aliphatic rings. The Balaban J connectivity index is 2.57. The molecule has 1 aromatic rings. The molecule has 0 radical (unpaired) electrons. The normalized spacial score (nSPS) is 11.9. The third-order valence-electron chi connectivity index (χ3n) is 3.21. The van der Waals surface area contributed by atoms with Gasteiger partial charge >= 0.3 is 0 Å². The molecule has 0 aliphatic heterocycles. The number of nitrogens with zero attached hydrogens (tertiary/aromatic N) is 1. The van der Waals surface area contributed by atoms with E-state index in [1.54, 1.807) is 12.3 Å². The molecule has 4 nitrogen and oxygen atoms in total. The Morgan fingerprint density at radius 2 is 2.10 bits per heavy atom. The molecule has 1 atom stereocenters. The highest BCUT2D eigenvalue weighted by molar-refractivity contribution is 5.98. The van der Waals surface area contributed by atoms with Gasteiger partial charge in [0.15, 0.2) is 0 Å². The number of aromatic nitrogens is 1. The molecule has 0 saturated carbocycles. The summed E-state index contributed by atoms with van der Waals surface area (Å²) < 4.78 is 0. The highest BCUT2D eigenvalue weighted by atomic mass is 16.1. The van der Waals surface area contributed by atoms with Crippen LogP contribution in [0.15, 0.2) is 18.3 Å². The number of nitrogens with one attached hydrogen (secondary N) is 2. The molecular formula is C16H27N3O. The maximum Gasteiger partial charge on any atom is 0.255 e. The zero-order valence-corrected chi connectivity index (χ0v) is 12.9. The number of anilines is 1. The number of hydrogen-bond acceptors (Lipinski definition) is 3. The summed E-state index contributed by atoms with van der Waals surface area (Å²) in [7, 11) is 0. The van der Waals surface area contributed by atoms with Gasteiger partial charge in [-0.05, 0) is 31.9 Å². The van der Waals surface area contributed by atoms with Gasteiger partial charge in [0.1, 0.15) is 5.82 Å². The first kappa shape index (κ1) is 16.5. The lowest BCUT2D eigenvalue weighted by Crippen LogP contribution is -2.33. The van der Waals surface area contributed by atoms with Gasteiger partial charge in [0.25, 0.3) is 5.91 Å². The van der Waals surface area contributed by atoms with Crippen LogP contribution in [0.3, 0.4) is 0 Å². The van der Waals surface area contributed by atoms with E-state index in [-0.39, 0.29) is 11.9 Å². The number of unbranched alkanes of at least 4 members (excludes halogenated alkanes) is 2. The van der Waals surface area contributed by atoms with Gasteiger partial charge in [0.05, 0.1) is 5.56 Å². The van der Waals surface area contributed by atoms with Gasteiger partial charge in [-0.2, -0.15) is 0 Å². The van der Waals surface area contributed by atoms with Crippen LogP contribution < -0.4 is 10.6 Å². The van der Waals surface area contributed by atoms with Crippen molar-refractivity contribution in [1.29, 1.82) is 0 Å². The van der Waals surface area contributed by atoms with E-state index in [0.29, 0.717) is 11.4 Å². The van der Waals surface area contributed by atoms with Crippen LogP contribution in [0.4, 0.5) is 5.82 Å². The highest BCUT2D eigenvalue weighted by Gasteiger charge is 2.14. The zero-order chi connectivity index (χ0) is 14.8. The number of carbonyl (C=O) groups is 1. The average molecular weight is 277 g/mol. The summed E-state index contributed by atoms with van der Waals surface area (Å²) in [6.45, 7) is 7.16. The average Bonchev–Trinajstić information content (AvgIpc) is 2.45. The van der Waals surface area contributed by atoms with Crippen molar-refractivity contribution >= 4 is 11.7 Å². The van der Waals surface area contributed by atoms with E-state index in [4.69, 9.17) is 0 Å². The smallest absolute Gasteiger partial charge is 0.255 e. The topological polar surface area (TPSA) is 54.0 Å². The Morgan fingerprint density at radius 3 is 2.80 bits per heavy atom. The van der Waals surface area contributed by atoms with Crippen molar-refractivity contribution in [3.05, 3.63) is 23.9 Å². The molecule has 1 unspecified atom stereocenters. The van der Waals surface area contributed by atoms with Crippen molar-refractivity contribution in [2.45, 2.75) is 58.9 Å². The fourth-order valence-electron chi connectivity index (χ4n) is 2.05. The van der Waals surface area contributed by atoms with Gasteiger partial charge in [-0.25, -0.2) is 4.98 Å². The molecular weight excluding hydrogens is 250 g/mol. The lowest BCUT2D eigenvalue weighted by Gasteiger charge is -2.15. The number of carbonyl (C=O) groups excluding carboxylic acids is 1. The first-order chi connectivity index (χ1) is 9.69. The Hall–Kier alpha value is -1.58. The second kappa shape index (κ2) is 9.34. The molecule has 1 amide bonds. The second-order valence-electron chi connectivity index (χ2n) is 5.20. The van der Waals surface area contributed by atoms with E-state index in [0.717, 1.165) is 25.8 Å².